The molecule has 2 aliphatic carbocycles. The molecule has 0 radical (unpaired) electrons. The van der Waals surface area contributed by atoms with E-state index in [2.05, 4.69) is 22.7 Å². The van der Waals surface area contributed by atoms with Crippen molar-refractivity contribution in [1.82, 2.24) is 15.8 Å². The van der Waals surface area contributed by atoms with Crippen molar-refractivity contribution in [2.75, 3.05) is 0 Å². The first kappa shape index (κ1) is 13.5. The van der Waals surface area contributed by atoms with E-state index < -0.39 is 0 Å². The third kappa shape index (κ3) is 2.97. The Morgan fingerprint density at radius 1 is 1.35 bits per heavy atom. The van der Waals surface area contributed by atoms with Crippen LogP contribution in [0.2, 0.25) is 0 Å². The van der Waals surface area contributed by atoms with Crippen molar-refractivity contribution in [3.8, 4) is 0 Å². The maximum Gasteiger partial charge on any atom is 0.315 e. The molecule has 3 rings (SSSR count). The lowest BCUT2D eigenvalue weighted by atomic mass is 9.96. The van der Waals surface area contributed by atoms with Gasteiger partial charge in [-0.15, -0.1) is 0 Å². The zero-order valence-corrected chi connectivity index (χ0v) is 12.1. The van der Waals surface area contributed by atoms with Crippen LogP contribution in [-0.2, 0) is 19.4 Å². The molecule has 1 fully saturated rings. The highest BCUT2D eigenvalue weighted by atomic mass is 16.5. The predicted molar refractivity (Wildman–Crippen MR) is 75.3 cm³/mol. The highest BCUT2D eigenvalue weighted by Crippen LogP contribution is 2.25. The van der Waals surface area contributed by atoms with Crippen LogP contribution in [-0.4, -0.2) is 17.2 Å². The molecule has 5 heteroatoms. The average molecular weight is 277 g/mol. The van der Waals surface area contributed by atoms with Gasteiger partial charge in [-0.3, -0.25) is 0 Å². The molecule has 0 unspecified atom stereocenters. The molecule has 110 valence electrons. The highest BCUT2D eigenvalue weighted by molar-refractivity contribution is 5.74. The van der Waals surface area contributed by atoms with Crippen LogP contribution < -0.4 is 10.6 Å². The number of aryl methyl sites for hydroxylation is 1. The van der Waals surface area contributed by atoms with Gasteiger partial charge in [-0.2, -0.15) is 0 Å². The first-order valence-corrected chi connectivity index (χ1v) is 7.73. The van der Waals surface area contributed by atoms with Crippen LogP contribution in [0.25, 0.3) is 0 Å². The Hall–Kier alpha value is -1.52. The van der Waals surface area contributed by atoms with Crippen molar-refractivity contribution in [1.29, 1.82) is 0 Å². The number of aromatic nitrogens is 1. The molecule has 2 atom stereocenters. The zero-order chi connectivity index (χ0) is 13.9. The fourth-order valence-corrected chi connectivity index (χ4v) is 3.33. The molecule has 20 heavy (non-hydrogen) atoms. The van der Waals surface area contributed by atoms with E-state index in [0.29, 0.717) is 12.6 Å². The van der Waals surface area contributed by atoms with Gasteiger partial charge in [-0.25, -0.2) is 4.79 Å². The Morgan fingerprint density at radius 2 is 2.20 bits per heavy atom. The first-order chi connectivity index (χ1) is 9.72. The van der Waals surface area contributed by atoms with E-state index in [9.17, 15) is 4.79 Å². The minimum Gasteiger partial charge on any atom is -0.361 e. The summed E-state index contributed by atoms with van der Waals surface area (Å²) in [5.74, 6) is 1.74. The van der Waals surface area contributed by atoms with Gasteiger partial charge < -0.3 is 15.2 Å². The monoisotopic (exact) mass is 277 g/mol. The van der Waals surface area contributed by atoms with Crippen molar-refractivity contribution in [2.45, 2.75) is 64.5 Å². The summed E-state index contributed by atoms with van der Waals surface area (Å²) in [5, 5.41) is 10.0. The Bertz CT molecular complexity index is 483. The molecule has 0 bridgehead atoms. The molecule has 1 saturated carbocycles. The Balaban J connectivity index is 1.49. The van der Waals surface area contributed by atoms with E-state index in [1.807, 2.05) is 0 Å². The minimum atomic E-state index is -0.0864. The largest absolute Gasteiger partial charge is 0.361 e. The molecule has 1 heterocycles. The second kappa shape index (κ2) is 5.85. The maximum absolute atomic E-state index is 11.9. The van der Waals surface area contributed by atoms with Gasteiger partial charge >= 0.3 is 6.03 Å². The molecule has 1 aromatic rings. The fraction of sp³-hybridized carbons (Fsp3) is 0.733. The lowest BCUT2D eigenvalue weighted by Crippen LogP contribution is -2.40. The number of rotatable bonds is 3. The van der Waals surface area contributed by atoms with Gasteiger partial charge in [0.1, 0.15) is 11.5 Å². The summed E-state index contributed by atoms with van der Waals surface area (Å²) >= 11 is 0. The second-order valence-electron chi connectivity index (χ2n) is 6.18. The number of carbonyl (C=O) groups excluding carboxylic acids is 1. The standard InChI is InChI=1S/C15H23N3O2/c1-10-6-7-11(8-10)17-15(19)16-9-13-12-4-2-3-5-14(12)20-18-13/h10-11H,2-9H2,1H3,(H2,16,17,19)/t10-,11+/m0/s1. The number of amides is 2. The molecular formula is C15H23N3O2. The second-order valence-corrected chi connectivity index (χ2v) is 6.18. The van der Waals surface area contributed by atoms with Crippen LogP contribution in [0.5, 0.6) is 0 Å². The normalized spacial score (nSPS) is 25.2. The Morgan fingerprint density at radius 3 is 3.00 bits per heavy atom. The quantitative estimate of drug-likeness (QED) is 0.892. The lowest BCUT2D eigenvalue weighted by molar-refractivity contribution is 0.236. The van der Waals surface area contributed by atoms with E-state index in [-0.39, 0.29) is 6.03 Å². The van der Waals surface area contributed by atoms with Crippen LogP contribution in [0, 0.1) is 5.92 Å². The lowest BCUT2D eigenvalue weighted by Gasteiger charge is -2.13. The van der Waals surface area contributed by atoms with Gasteiger partial charge in [-0.05, 0) is 44.4 Å². The summed E-state index contributed by atoms with van der Waals surface area (Å²) in [4.78, 5) is 11.9. The van der Waals surface area contributed by atoms with Gasteiger partial charge in [-0.1, -0.05) is 12.1 Å². The topological polar surface area (TPSA) is 67.2 Å². The van der Waals surface area contributed by atoms with Crippen LogP contribution in [0.1, 0.15) is 56.0 Å². The van der Waals surface area contributed by atoms with Gasteiger partial charge in [0.2, 0.25) is 0 Å². The Kier molecular flexibility index (Phi) is 3.94. The molecule has 1 aromatic heterocycles. The van der Waals surface area contributed by atoms with E-state index in [1.165, 1.54) is 24.8 Å². The van der Waals surface area contributed by atoms with Gasteiger partial charge in [0, 0.05) is 18.0 Å². The zero-order valence-electron chi connectivity index (χ0n) is 12.1. The molecule has 5 nitrogen and oxygen atoms in total. The maximum atomic E-state index is 11.9. The highest BCUT2D eigenvalue weighted by Gasteiger charge is 2.23. The molecule has 2 N–H and O–H groups in total. The number of hydrogen-bond donors (Lipinski definition) is 2. The molecule has 0 aliphatic heterocycles. The molecule has 2 amide bonds. The van der Waals surface area contributed by atoms with E-state index in [1.54, 1.807) is 0 Å². The first-order valence-electron chi connectivity index (χ1n) is 7.73. The van der Waals surface area contributed by atoms with Crippen LogP contribution >= 0.6 is 0 Å². The SMILES string of the molecule is C[C@H]1CC[C@@H](NC(=O)NCc2noc3c2CCCC3)C1. The van der Waals surface area contributed by atoms with Gasteiger partial charge in [0.05, 0.1) is 6.54 Å². The molecular weight excluding hydrogens is 254 g/mol. The van der Waals surface area contributed by atoms with E-state index >= 15 is 0 Å². The number of nitrogens with zero attached hydrogens (tertiary/aromatic N) is 1. The molecule has 0 saturated heterocycles. The Labute approximate surface area is 119 Å². The third-order valence-corrected chi connectivity index (χ3v) is 4.48. The average Bonchev–Trinajstić information content (AvgIpc) is 3.03. The number of hydrogen-bond acceptors (Lipinski definition) is 3. The van der Waals surface area contributed by atoms with Gasteiger partial charge in [0.15, 0.2) is 0 Å². The molecule has 0 aromatic carbocycles. The van der Waals surface area contributed by atoms with Crippen molar-refractivity contribution in [3.05, 3.63) is 17.0 Å². The van der Waals surface area contributed by atoms with E-state index in [4.69, 9.17) is 4.52 Å². The van der Waals surface area contributed by atoms with Crippen molar-refractivity contribution in [3.63, 3.8) is 0 Å². The smallest absolute Gasteiger partial charge is 0.315 e. The minimum absolute atomic E-state index is 0.0864. The predicted octanol–water partition coefficient (Wildman–Crippen LogP) is 2.54. The molecule has 0 spiro atoms. The third-order valence-electron chi connectivity index (χ3n) is 4.48. The summed E-state index contributed by atoms with van der Waals surface area (Å²) in [6.45, 7) is 2.70. The number of nitrogens with one attached hydrogen (secondary N) is 2. The van der Waals surface area contributed by atoms with Crippen molar-refractivity contribution >= 4 is 6.03 Å². The summed E-state index contributed by atoms with van der Waals surface area (Å²) < 4.78 is 5.35. The number of urea groups is 1. The number of carbonyl (C=O) groups is 1. The van der Waals surface area contributed by atoms with Crippen LogP contribution in [0.4, 0.5) is 4.79 Å². The van der Waals surface area contributed by atoms with Crippen LogP contribution in [0.3, 0.4) is 0 Å². The summed E-state index contributed by atoms with van der Waals surface area (Å²) in [6, 6.07) is 0.243. The summed E-state index contributed by atoms with van der Waals surface area (Å²) in [7, 11) is 0. The van der Waals surface area contributed by atoms with Crippen molar-refractivity contribution < 1.29 is 9.32 Å². The van der Waals surface area contributed by atoms with Crippen LogP contribution in [0.15, 0.2) is 4.52 Å². The summed E-state index contributed by atoms with van der Waals surface area (Å²) in [5.41, 5.74) is 2.11. The fourth-order valence-electron chi connectivity index (χ4n) is 3.33. The van der Waals surface area contributed by atoms with Crippen molar-refractivity contribution in [2.24, 2.45) is 5.92 Å². The summed E-state index contributed by atoms with van der Waals surface area (Å²) in [6.07, 6.45) is 7.76. The number of fused-ring (bicyclic) bond motifs is 1. The van der Waals surface area contributed by atoms with E-state index in [0.717, 1.165) is 43.1 Å². The molecule has 2 aliphatic rings. The van der Waals surface area contributed by atoms with Gasteiger partial charge in [0.25, 0.3) is 0 Å².